The van der Waals surface area contributed by atoms with Crippen LogP contribution >= 0.6 is 11.6 Å². The van der Waals surface area contributed by atoms with Crippen LogP contribution in [-0.2, 0) is 11.3 Å². The van der Waals surface area contributed by atoms with Crippen molar-refractivity contribution < 1.29 is 4.79 Å². The van der Waals surface area contributed by atoms with E-state index in [-0.39, 0.29) is 5.92 Å². The lowest BCUT2D eigenvalue weighted by molar-refractivity contribution is -0.127. The molecule has 0 unspecified atom stereocenters. The van der Waals surface area contributed by atoms with Gasteiger partial charge in [0.1, 0.15) is 0 Å². The zero-order valence-corrected chi connectivity index (χ0v) is 15.0. The molecular weight excluding hydrogens is 320 g/mol. The minimum absolute atomic E-state index is 0.201. The molecule has 1 amide bonds. The highest BCUT2D eigenvalue weighted by atomic mass is 35.5. The average molecular weight is 347 g/mol. The molecule has 3 fully saturated rings. The summed E-state index contributed by atoms with van der Waals surface area (Å²) in [4.78, 5) is 15.0. The number of piperidine rings is 1. The lowest BCUT2D eigenvalue weighted by Crippen LogP contribution is -2.45. The molecule has 130 valence electrons. The van der Waals surface area contributed by atoms with Crippen molar-refractivity contribution in [2.75, 3.05) is 13.1 Å². The second kappa shape index (κ2) is 7.05. The van der Waals surface area contributed by atoms with Crippen LogP contribution < -0.4 is 5.32 Å². The monoisotopic (exact) mass is 346 g/mol. The smallest absolute Gasteiger partial charge is 0.223 e. The van der Waals surface area contributed by atoms with Gasteiger partial charge in [0.15, 0.2) is 0 Å². The number of likely N-dealkylation sites (tertiary alicyclic amines) is 1. The lowest BCUT2D eigenvalue weighted by atomic mass is 9.92. The van der Waals surface area contributed by atoms with Gasteiger partial charge in [-0.3, -0.25) is 9.69 Å². The van der Waals surface area contributed by atoms with Crippen molar-refractivity contribution in [3.05, 3.63) is 34.9 Å². The Labute approximate surface area is 149 Å². The molecule has 1 saturated heterocycles. The fourth-order valence-corrected chi connectivity index (χ4v) is 5.14. The maximum Gasteiger partial charge on any atom is 0.223 e. The normalized spacial score (nSPS) is 30.6. The van der Waals surface area contributed by atoms with Crippen molar-refractivity contribution in [3.8, 4) is 0 Å². The Morgan fingerprint density at radius 3 is 2.58 bits per heavy atom. The van der Waals surface area contributed by atoms with Gasteiger partial charge < -0.3 is 5.32 Å². The fraction of sp³-hybridized carbons (Fsp3) is 0.650. The summed E-state index contributed by atoms with van der Waals surface area (Å²) in [6.45, 7) is 2.86. The van der Waals surface area contributed by atoms with Gasteiger partial charge in [-0.2, -0.15) is 0 Å². The number of hydrogen-bond donors (Lipinski definition) is 1. The fourth-order valence-electron chi connectivity index (χ4n) is 4.94. The molecule has 2 aliphatic carbocycles. The second-order valence-corrected chi connectivity index (χ2v) is 8.34. The molecule has 4 heteroatoms. The van der Waals surface area contributed by atoms with E-state index in [1.165, 1.54) is 31.2 Å². The maximum absolute atomic E-state index is 12.6. The first-order valence-corrected chi connectivity index (χ1v) is 9.83. The highest BCUT2D eigenvalue weighted by Gasteiger charge is 2.40. The van der Waals surface area contributed by atoms with Gasteiger partial charge in [-0.15, -0.1) is 0 Å². The van der Waals surface area contributed by atoms with Crippen LogP contribution in [-0.4, -0.2) is 29.9 Å². The number of amides is 1. The maximum atomic E-state index is 12.6. The number of benzene rings is 1. The largest absolute Gasteiger partial charge is 0.353 e. The van der Waals surface area contributed by atoms with E-state index in [1.54, 1.807) is 0 Å². The quantitative estimate of drug-likeness (QED) is 0.897. The molecule has 4 rings (SSSR count). The first kappa shape index (κ1) is 16.4. The van der Waals surface area contributed by atoms with Gasteiger partial charge in [-0.25, -0.2) is 0 Å². The van der Waals surface area contributed by atoms with Gasteiger partial charge in [0.2, 0.25) is 5.91 Å². The molecule has 24 heavy (non-hydrogen) atoms. The predicted octanol–water partition coefficient (Wildman–Crippen LogP) is 3.86. The van der Waals surface area contributed by atoms with Crippen LogP contribution in [0.15, 0.2) is 24.3 Å². The van der Waals surface area contributed by atoms with Gasteiger partial charge in [0, 0.05) is 23.5 Å². The average Bonchev–Trinajstić information content (AvgIpc) is 3.20. The molecular formula is C20H27ClN2O. The minimum Gasteiger partial charge on any atom is -0.353 e. The van der Waals surface area contributed by atoms with Gasteiger partial charge in [-0.1, -0.05) is 36.2 Å². The highest BCUT2D eigenvalue weighted by molar-refractivity contribution is 6.31. The van der Waals surface area contributed by atoms with Crippen molar-refractivity contribution >= 4 is 17.5 Å². The summed E-state index contributed by atoms with van der Waals surface area (Å²) < 4.78 is 0. The van der Waals surface area contributed by atoms with E-state index in [2.05, 4.69) is 16.3 Å². The second-order valence-electron chi connectivity index (χ2n) is 7.93. The van der Waals surface area contributed by atoms with Crippen LogP contribution in [0, 0.1) is 17.8 Å². The minimum atomic E-state index is 0.201. The molecule has 2 saturated carbocycles. The van der Waals surface area contributed by atoms with Crippen molar-refractivity contribution in [2.45, 2.75) is 51.1 Å². The Morgan fingerprint density at radius 1 is 1.12 bits per heavy atom. The van der Waals surface area contributed by atoms with E-state index in [1.807, 2.05) is 18.2 Å². The number of halogens is 1. The SMILES string of the molecule is O=C(N[C@@H]1C[C@H]2CC[C@H]1C2)C1CCN(Cc2ccccc2Cl)CC1. The zero-order chi connectivity index (χ0) is 16.5. The van der Waals surface area contributed by atoms with Crippen LogP contribution in [0.5, 0.6) is 0 Å². The number of nitrogens with one attached hydrogen (secondary N) is 1. The van der Waals surface area contributed by atoms with E-state index in [0.29, 0.717) is 11.9 Å². The van der Waals surface area contributed by atoms with Gasteiger partial charge in [-0.05, 0) is 68.7 Å². The Balaban J connectivity index is 1.25. The summed E-state index contributed by atoms with van der Waals surface area (Å²) in [5.74, 6) is 2.16. The number of rotatable bonds is 4. The topological polar surface area (TPSA) is 32.3 Å². The number of hydrogen-bond acceptors (Lipinski definition) is 2. The molecule has 0 radical (unpaired) electrons. The predicted molar refractivity (Wildman–Crippen MR) is 96.8 cm³/mol. The third-order valence-electron chi connectivity index (χ3n) is 6.38. The van der Waals surface area contributed by atoms with Crippen LogP contribution in [0.4, 0.5) is 0 Å². The third kappa shape index (κ3) is 3.48. The number of fused-ring (bicyclic) bond motifs is 2. The first-order chi connectivity index (χ1) is 11.7. The molecule has 1 N–H and O–H groups in total. The van der Waals surface area contributed by atoms with Crippen molar-refractivity contribution in [1.29, 1.82) is 0 Å². The van der Waals surface area contributed by atoms with Gasteiger partial charge in [0.25, 0.3) is 0 Å². The van der Waals surface area contributed by atoms with Crippen LogP contribution in [0.1, 0.15) is 44.1 Å². The zero-order valence-electron chi connectivity index (χ0n) is 14.2. The van der Waals surface area contributed by atoms with Crippen LogP contribution in [0.2, 0.25) is 5.02 Å². The van der Waals surface area contributed by atoms with Crippen LogP contribution in [0.3, 0.4) is 0 Å². The lowest BCUT2D eigenvalue weighted by Gasteiger charge is -2.33. The Kier molecular flexibility index (Phi) is 4.82. The summed E-state index contributed by atoms with van der Waals surface area (Å²) in [6, 6.07) is 8.52. The molecule has 0 spiro atoms. The summed E-state index contributed by atoms with van der Waals surface area (Å²) in [5, 5.41) is 4.22. The van der Waals surface area contributed by atoms with Crippen molar-refractivity contribution in [2.24, 2.45) is 17.8 Å². The van der Waals surface area contributed by atoms with E-state index in [4.69, 9.17) is 11.6 Å². The molecule has 3 atom stereocenters. The molecule has 3 nitrogen and oxygen atoms in total. The van der Waals surface area contributed by atoms with Crippen molar-refractivity contribution in [1.82, 2.24) is 10.2 Å². The summed E-state index contributed by atoms with van der Waals surface area (Å²) in [6.07, 6.45) is 7.22. The number of carbonyl (C=O) groups is 1. The van der Waals surface area contributed by atoms with Crippen molar-refractivity contribution in [3.63, 3.8) is 0 Å². The van der Waals surface area contributed by atoms with E-state index in [9.17, 15) is 4.79 Å². The Morgan fingerprint density at radius 2 is 1.92 bits per heavy atom. The standard InChI is InChI=1S/C20H27ClN2O/c21-18-4-2-1-3-17(18)13-23-9-7-15(8-10-23)20(24)22-19-12-14-5-6-16(19)11-14/h1-4,14-16,19H,5-13H2,(H,22,24)/t14-,16-,19+/m0/s1. The third-order valence-corrected chi connectivity index (χ3v) is 6.74. The Hall–Kier alpha value is -1.06. The van der Waals surface area contributed by atoms with Gasteiger partial charge >= 0.3 is 0 Å². The Bertz CT molecular complexity index is 597. The molecule has 2 bridgehead atoms. The molecule has 0 aromatic heterocycles. The molecule has 3 aliphatic rings. The van der Waals surface area contributed by atoms with E-state index < -0.39 is 0 Å². The molecule has 1 aromatic rings. The first-order valence-electron chi connectivity index (χ1n) is 9.45. The van der Waals surface area contributed by atoms with E-state index >= 15 is 0 Å². The van der Waals surface area contributed by atoms with Crippen LogP contribution in [0.25, 0.3) is 0 Å². The molecule has 1 aromatic carbocycles. The van der Waals surface area contributed by atoms with Gasteiger partial charge in [0.05, 0.1) is 0 Å². The highest BCUT2D eigenvalue weighted by Crippen LogP contribution is 2.44. The number of carbonyl (C=O) groups excluding carboxylic acids is 1. The molecule has 1 aliphatic heterocycles. The van der Waals surface area contributed by atoms with E-state index in [0.717, 1.165) is 49.3 Å². The summed E-state index contributed by atoms with van der Waals surface area (Å²) >= 11 is 6.26. The number of nitrogens with zero attached hydrogens (tertiary/aromatic N) is 1. The summed E-state index contributed by atoms with van der Waals surface area (Å²) in [7, 11) is 0. The summed E-state index contributed by atoms with van der Waals surface area (Å²) in [5.41, 5.74) is 1.18. The molecule has 1 heterocycles.